The molecule has 0 radical (unpaired) electrons. The first kappa shape index (κ1) is 9.58. The molecule has 0 bridgehead atoms. The van der Waals surface area contributed by atoms with Gasteiger partial charge in [0.15, 0.2) is 6.10 Å². The Morgan fingerprint density at radius 2 is 2.00 bits per heavy atom. The van der Waals surface area contributed by atoms with E-state index in [1.165, 1.54) is 12.4 Å². The molecule has 76 valence electrons. The largest absolute Gasteiger partial charge is 0.479 e. The predicted molar refractivity (Wildman–Crippen MR) is 58.0 cm³/mol. The molecule has 4 heteroatoms. The van der Waals surface area contributed by atoms with E-state index in [0.717, 1.165) is 11.3 Å². The molecule has 2 amide bonds. The molecule has 1 heterocycles. The molecule has 1 aliphatic rings. The third-order valence-corrected chi connectivity index (χ3v) is 1.93. The van der Waals surface area contributed by atoms with Crippen LogP contribution in [0.1, 0.15) is 5.56 Å². The van der Waals surface area contributed by atoms with Crippen molar-refractivity contribution in [1.29, 1.82) is 0 Å². The van der Waals surface area contributed by atoms with Crippen LogP contribution >= 0.6 is 0 Å². The molecule has 0 atom stereocenters. The van der Waals surface area contributed by atoms with Gasteiger partial charge in [-0.05, 0) is 24.6 Å². The second-order valence-corrected chi connectivity index (χ2v) is 3.24. The van der Waals surface area contributed by atoms with Crippen molar-refractivity contribution in [2.45, 2.75) is 13.0 Å². The van der Waals surface area contributed by atoms with Gasteiger partial charge < -0.3 is 4.74 Å². The van der Waals surface area contributed by atoms with Crippen LogP contribution in [0.3, 0.4) is 0 Å². The zero-order valence-electron chi connectivity index (χ0n) is 8.25. The SMILES string of the molecule is Cc1cccc(OC2C=NC(=O)N=C2)c1. The van der Waals surface area contributed by atoms with Crippen molar-refractivity contribution in [3.05, 3.63) is 29.8 Å². The smallest absolute Gasteiger partial charge is 0.366 e. The molecule has 4 nitrogen and oxygen atoms in total. The molecular formula is C11H10N2O2. The number of rotatable bonds is 2. The number of aliphatic imine (C=N–C) groups is 2. The fourth-order valence-corrected chi connectivity index (χ4v) is 1.25. The average Bonchev–Trinajstić information content (AvgIpc) is 2.22. The van der Waals surface area contributed by atoms with Crippen molar-refractivity contribution < 1.29 is 9.53 Å². The number of nitrogens with zero attached hydrogens (tertiary/aromatic N) is 2. The van der Waals surface area contributed by atoms with Crippen LogP contribution in [0.5, 0.6) is 5.75 Å². The number of hydrogen-bond donors (Lipinski definition) is 0. The molecule has 1 aliphatic heterocycles. The van der Waals surface area contributed by atoms with Gasteiger partial charge in [-0.1, -0.05) is 12.1 Å². The van der Waals surface area contributed by atoms with Gasteiger partial charge in [0.1, 0.15) is 5.75 Å². The lowest BCUT2D eigenvalue weighted by Gasteiger charge is -2.12. The summed E-state index contributed by atoms with van der Waals surface area (Å²) in [6, 6.07) is 7.18. The minimum atomic E-state index is -0.487. The minimum absolute atomic E-state index is 0.357. The summed E-state index contributed by atoms with van der Waals surface area (Å²) in [4.78, 5) is 17.7. The third-order valence-electron chi connectivity index (χ3n) is 1.93. The number of aryl methyl sites for hydroxylation is 1. The molecule has 0 aromatic heterocycles. The highest BCUT2D eigenvalue weighted by Crippen LogP contribution is 2.13. The Labute approximate surface area is 87.3 Å². The average molecular weight is 202 g/mol. The van der Waals surface area contributed by atoms with E-state index < -0.39 is 6.03 Å². The van der Waals surface area contributed by atoms with Crippen molar-refractivity contribution >= 4 is 18.5 Å². The Morgan fingerprint density at radius 1 is 1.27 bits per heavy atom. The molecule has 1 aromatic rings. The quantitative estimate of drug-likeness (QED) is 0.736. The van der Waals surface area contributed by atoms with Crippen LogP contribution in [0, 0.1) is 6.92 Å². The van der Waals surface area contributed by atoms with Crippen LogP contribution in [0.4, 0.5) is 4.79 Å². The minimum Gasteiger partial charge on any atom is -0.479 e. The Kier molecular flexibility index (Phi) is 2.58. The van der Waals surface area contributed by atoms with Gasteiger partial charge >= 0.3 is 6.03 Å². The zero-order valence-corrected chi connectivity index (χ0v) is 8.25. The fourth-order valence-electron chi connectivity index (χ4n) is 1.25. The number of carbonyl (C=O) groups excluding carboxylic acids is 1. The van der Waals surface area contributed by atoms with E-state index in [0.29, 0.717) is 0 Å². The van der Waals surface area contributed by atoms with E-state index in [1.54, 1.807) is 0 Å². The van der Waals surface area contributed by atoms with E-state index in [-0.39, 0.29) is 6.10 Å². The Bertz CT molecular complexity index is 422. The number of carbonyl (C=O) groups is 1. The van der Waals surface area contributed by atoms with Crippen molar-refractivity contribution in [3.8, 4) is 5.75 Å². The predicted octanol–water partition coefficient (Wildman–Crippen LogP) is 2.02. The summed E-state index contributed by atoms with van der Waals surface area (Å²) < 4.78 is 5.53. The van der Waals surface area contributed by atoms with Crippen LogP contribution in [-0.4, -0.2) is 24.6 Å². The van der Waals surface area contributed by atoms with Crippen LogP contribution < -0.4 is 4.74 Å². The molecule has 1 aromatic carbocycles. The lowest BCUT2D eigenvalue weighted by molar-refractivity contribution is 0.255. The van der Waals surface area contributed by atoms with Gasteiger partial charge in [0, 0.05) is 0 Å². The molecular weight excluding hydrogens is 192 g/mol. The van der Waals surface area contributed by atoms with Crippen LogP contribution in [0.15, 0.2) is 34.3 Å². The maximum Gasteiger partial charge on any atom is 0.366 e. The maximum absolute atomic E-state index is 10.7. The van der Waals surface area contributed by atoms with E-state index in [9.17, 15) is 4.79 Å². The number of ether oxygens (including phenoxy) is 1. The summed E-state index contributed by atoms with van der Waals surface area (Å²) in [6.45, 7) is 1.99. The van der Waals surface area contributed by atoms with Gasteiger partial charge in [0.2, 0.25) is 0 Å². The number of benzene rings is 1. The third kappa shape index (κ3) is 2.49. The molecule has 0 fully saturated rings. The first-order valence-corrected chi connectivity index (χ1v) is 4.60. The summed E-state index contributed by atoms with van der Waals surface area (Å²) in [6.07, 6.45) is 2.53. The number of amides is 2. The first-order chi connectivity index (χ1) is 7.24. The normalized spacial score (nSPS) is 15.7. The molecule has 0 saturated carbocycles. The summed E-state index contributed by atoms with van der Waals surface area (Å²) >= 11 is 0. The molecule has 0 spiro atoms. The Balaban J connectivity index is 2.07. The van der Waals surface area contributed by atoms with E-state index in [4.69, 9.17) is 4.74 Å². The van der Waals surface area contributed by atoms with Gasteiger partial charge in [-0.15, -0.1) is 0 Å². The second-order valence-electron chi connectivity index (χ2n) is 3.24. The summed E-state index contributed by atoms with van der Waals surface area (Å²) in [5.74, 6) is 0.743. The van der Waals surface area contributed by atoms with Crippen molar-refractivity contribution in [3.63, 3.8) is 0 Å². The fraction of sp³-hybridized carbons (Fsp3) is 0.182. The van der Waals surface area contributed by atoms with E-state index >= 15 is 0 Å². The molecule has 15 heavy (non-hydrogen) atoms. The molecule has 0 unspecified atom stereocenters. The van der Waals surface area contributed by atoms with Crippen molar-refractivity contribution in [2.75, 3.05) is 0 Å². The van der Waals surface area contributed by atoms with Gasteiger partial charge in [0.25, 0.3) is 0 Å². The number of urea groups is 1. The maximum atomic E-state index is 10.7. The van der Waals surface area contributed by atoms with Gasteiger partial charge in [0.05, 0.1) is 12.4 Å². The topological polar surface area (TPSA) is 51.0 Å². The standard InChI is InChI=1S/C11H10N2O2/c1-8-3-2-4-9(5-8)15-10-6-12-11(14)13-7-10/h2-7,10H,1H3. The zero-order chi connectivity index (χ0) is 10.7. The summed E-state index contributed by atoms with van der Waals surface area (Å²) in [5, 5.41) is 0. The first-order valence-electron chi connectivity index (χ1n) is 4.60. The van der Waals surface area contributed by atoms with Gasteiger partial charge in [-0.3, -0.25) is 0 Å². The second kappa shape index (κ2) is 4.04. The van der Waals surface area contributed by atoms with Crippen LogP contribution in [-0.2, 0) is 0 Å². The van der Waals surface area contributed by atoms with Crippen LogP contribution in [0.2, 0.25) is 0 Å². The van der Waals surface area contributed by atoms with Crippen molar-refractivity contribution in [1.82, 2.24) is 0 Å². The van der Waals surface area contributed by atoms with E-state index in [2.05, 4.69) is 9.98 Å². The highest BCUT2D eigenvalue weighted by atomic mass is 16.5. The van der Waals surface area contributed by atoms with Crippen LogP contribution in [0.25, 0.3) is 0 Å². The Hall–Kier alpha value is -1.97. The summed E-state index contributed by atoms with van der Waals surface area (Å²) in [7, 11) is 0. The molecule has 2 rings (SSSR count). The lowest BCUT2D eigenvalue weighted by Crippen LogP contribution is -2.23. The van der Waals surface area contributed by atoms with Gasteiger partial charge in [-0.2, -0.15) is 0 Å². The van der Waals surface area contributed by atoms with E-state index in [1.807, 2.05) is 31.2 Å². The number of hydrogen-bond acceptors (Lipinski definition) is 2. The Morgan fingerprint density at radius 3 is 2.67 bits per heavy atom. The highest BCUT2D eigenvalue weighted by molar-refractivity contribution is 6.02. The molecule has 0 saturated heterocycles. The molecule has 0 N–H and O–H groups in total. The molecule has 0 aliphatic carbocycles. The monoisotopic (exact) mass is 202 g/mol. The summed E-state index contributed by atoms with van der Waals surface area (Å²) in [5.41, 5.74) is 1.12. The van der Waals surface area contributed by atoms with Crippen molar-refractivity contribution in [2.24, 2.45) is 9.98 Å². The lowest BCUT2D eigenvalue weighted by atomic mass is 10.2. The van der Waals surface area contributed by atoms with Gasteiger partial charge in [-0.25, -0.2) is 14.8 Å². The highest BCUT2D eigenvalue weighted by Gasteiger charge is 2.10.